The Labute approximate surface area is 79.3 Å². The first-order valence-electron chi connectivity index (χ1n) is 4.63. The summed E-state index contributed by atoms with van der Waals surface area (Å²) in [5, 5.41) is 12.0. The number of hydrogen-bond donors (Lipinski definition) is 2. The zero-order valence-electron chi connectivity index (χ0n) is 8.54. The number of ether oxygens (including phenoxy) is 1. The summed E-state index contributed by atoms with van der Waals surface area (Å²) in [5.41, 5.74) is 0. The van der Waals surface area contributed by atoms with Gasteiger partial charge in [-0.25, -0.2) is 0 Å². The van der Waals surface area contributed by atoms with E-state index in [-0.39, 0.29) is 24.7 Å². The average Bonchev–Trinajstić information content (AvgIpc) is 2.00. The van der Waals surface area contributed by atoms with E-state index < -0.39 is 0 Å². The molecule has 4 nitrogen and oxygen atoms in total. The smallest absolute Gasteiger partial charge is 0.319 e. The molecular weight excluding hydrogens is 170 g/mol. The highest BCUT2D eigenvalue weighted by molar-refractivity contribution is 5.71. The van der Waals surface area contributed by atoms with Crippen molar-refractivity contribution < 1.29 is 14.6 Å². The van der Waals surface area contributed by atoms with Crippen molar-refractivity contribution in [3.8, 4) is 0 Å². The molecule has 0 amide bonds. The number of hydrogen-bond acceptors (Lipinski definition) is 4. The van der Waals surface area contributed by atoms with E-state index in [2.05, 4.69) is 5.32 Å². The van der Waals surface area contributed by atoms with Gasteiger partial charge in [-0.2, -0.15) is 0 Å². The first-order valence-corrected chi connectivity index (χ1v) is 4.63. The Kier molecular flexibility index (Phi) is 6.54. The minimum atomic E-state index is -0.343. The highest BCUT2D eigenvalue weighted by Gasteiger charge is 2.07. The molecule has 0 aromatic carbocycles. The molecule has 4 heteroatoms. The second kappa shape index (κ2) is 6.86. The van der Waals surface area contributed by atoms with Gasteiger partial charge in [-0.3, -0.25) is 4.79 Å². The number of aliphatic hydroxyl groups is 1. The van der Waals surface area contributed by atoms with Crippen molar-refractivity contribution in [1.29, 1.82) is 0 Å². The maximum absolute atomic E-state index is 10.9. The zero-order chi connectivity index (χ0) is 10.3. The number of carbonyl (C=O) groups is 1. The number of carbonyl (C=O) groups excluding carboxylic acids is 1. The number of aliphatic hydroxyl groups excluding tert-OH is 1. The predicted molar refractivity (Wildman–Crippen MR) is 50.4 cm³/mol. The molecule has 0 aromatic heterocycles. The van der Waals surface area contributed by atoms with Gasteiger partial charge in [0, 0.05) is 6.04 Å². The summed E-state index contributed by atoms with van der Waals surface area (Å²) >= 11 is 0. The molecule has 0 fully saturated rings. The summed E-state index contributed by atoms with van der Waals surface area (Å²) < 4.78 is 4.73. The van der Waals surface area contributed by atoms with Crippen LogP contribution >= 0.6 is 0 Å². The topological polar surface area (TPSA) is 58.6 Å². The Morgan fingerprint density at radius 1 is 1.54 bits per heavy atom. The molecule has 0 aromatic rings. The molecule has 2 unspecified atom stereocenters. The molecule has 0 spiro atoms. The van der Waals surface area contributed by atoms with Crippen LogP contribution in [-0.2, 0) is 9.53 Å². The highest BCUT2D eigenvalue weighted by Crippen LogP contribution is 1.95. The van der Waals surface area contributed by atoms with Gasteiger partial charge < -0.3 is 15.2 Å². The zero-order valence-corrected chi connectivity index (χ0v) is 8.54. The number of nitrogens with one attached hydrogen (secondary N) is 1. The lowest BCUT2D eigenvalue weighted by Crippen LogP contribution is -2.34. The van der Waals surface area contributed by atoms with Gasteiger partial charge in [0.25, 0.3) is 0 Å². The lowest BCUT2D eigenvalue weighted by Gasteiger charge is -2.14. The van der Waals surface area contributed by atoms with Crippen molar-refractivity contribution >= 4 is 5.97 Å². The Balaban J connectivity index is 3.45. The lowest BCUT2D eigenvalue weighted by molar-refractivity contribution is -0.142. The summed E-state index contributed by atoms with van der Waals surface area (Å²) in [6, 6.07) is 0.129. The van der Waals surface area contributed by atoms with Crippen LogP contribution in [0.5, 0.6) is 0 Å². The molecule has 78 valence electrons. The SMILES string of the molecule is CCOC(=O)CNC(C)CC(C)O. The molecular formula is C9H19NO3. The van der Waals surface area contributed by atoms with Crippen LogP contribution in [0.25, 0.3) is 0 Å². The highest BCUT2D eigenvalue weighted by atomic mass is 16.5. The van der Waals surface area contributed by atoms with Crippen LogP contribution < -0.4 is 5.32 Å². The van der Waals surface area contributed by atoms with E-state index in [1.807, 2.05) is 6.92 Å². The van der Waals surface area contributed by atoms with Gasteiger partial charge in [-0.05, 0) is 27.2 Å². The van der Waals surface area contributed by atoms with Crippen molar-refractivity contribution in [3.63, 3.8) is 0 Å². The van der Waals surface area contributed by atoms with Gasteiger partial charge >= 0.3 is 5.97 Å². The molecule has 13 heavy (non-hydrogen) atoms. The van der Waals surface area contributed by atoms with Gasteiger partial charge in [-0.1, -0.05) is 0 Å². The minimum absolute atomic E-state index is 0.129. The van der Waals surface area contributed by atoms with Gasteiger partial charge in [0.05, 0.1) is 19.3 Å². The maximum Gasteiger partial charge on any atom is 0.319 e. The molecule has 0 saturated carbocycles. The summed E-state index contributed by atoms with van der Waals surface area (Å²) in [5.74, 6) is -0.250. The van der Waals surface area contributed by atoms with Crippen LogP contribution in [0.3, 0.4) is 0 Å². The first kappa shape index (κ1) is 12.4. The van der Waals surface area contributed by atoms with E-state index >= 15 is 0 Å². The molecule has 0 bridgehead atoms. The molecule has 2 atom stereocenters. The summed E-state index contributed by atoms with van der Waals surface area (Å²) in [7, 11) is 0. The van der Waals surface area contributed by atoms with Crippen molar-refractivity contribution in [1.82, 2.24) is 5.32 Å². The third-order valence-electron chi connectivity index (χ3n) is 1.59. The van der Waals surface area contributed by atoms with E-state index in [0.29, 0.717) is 13.0 Å². The van der Waals surface area contributed by atoms with Crippen molar-refractivity contribution in [3.05, 3.63) is 0 Å². The number of rotatable bonds is 6. The van der Waals surface area contributed by atoms with Gasteiger partial charge in [0.1, 0.15) is 0 Å². The molecule has 0 radical (unpaired) electrons. The largest absolute Gasteiger partial charge is 0.465 e. The average molecular weight is 189 g/mol. The monoisotopic (exact) mass is 189 g/mol. The molecule has 0 aliphatic rings. The third-order valence-corrected chi connectivity index (χ3v) is 1.59. The summed E-state index contributed by atoms with van der Waals surface area (Å²) in [4.78, 5) is 10.9. The van der Waals surface area contributed by atoms with Crippen molar-refractivity contribution in [2.75, 3.05) is 13.2 Å². The fraction of sp³-hybridized carbons (Fsp3) is 0.889. The van der Waals surface area contributed by atoms with Crippen LogP contribution in [0.2, 0.25) is 0 Å². The quantitative estimate of drug-likeness (QED) is 0.590. The van der Waals surface area contributed by atoms with Gasteiger partial charge in [0.2, 0.25) is 0 Å². The van der Waals surface area contributed by atoms with Gasteiger partial charge in [-0.15, -0.1) is 0 Å². The van der Waals surface area contributed by atoms with E-state index in [0.717, 1.165) is 0 Å². The Bertz CT molecular complexity index is 148. The molecule has 0 saturated heterocycles. The van der Waals surface area contributed by atoms with E-state index in [1.54, 1.807) is 13.8 Å². The molecule has 0 rings (SSSR count). The standard InChI is InChI=1S/C9H19NO3/c1-4-13-9(12)6-10-7(2)5-8(3)11/h7-8,10-11H,4-6H2,1-3H3. The number of esters is 1. The van der Waals surface area contributed by atoms with Crippen LogP contribution in [0.15, 0.2) is 0 Å². The molecule has 2 N–H and O–H groups in total. The fourth-order valence-electron chi connectivity index (χ4n) is 1.06. The van der Waals surface area contributed by atoms with Crippen molar-refractivity contribution in [2.24, 2.45) is 0 Å². The maximum atomic E-state index is 10.9. The first-order chi connectivity index (χ1) is 6.06. The second-order valence-corrected chi connectivity index (χ2v) is 3.17. The summed E-state index contributed by atoms with van der Waals surface area (Å²) in [6.45, 7) is 6.04. The second-order valence-electron chi connectivity index (χ2n) is 3.17. The Morgan fingerprint density at radius 2 is 2.15 bits per heavy atom. The Morgan fingerprint density at radius 3 is 2.62 bits per heavy atom. The van der Waals surface area contributed by atoms with Gasteiger partial charge in [0.15, 0.2) is 0 Å². The molecule has 0 aliphatic carbocycles. The molecule has 0 heterocycles. The van der Waals surface area contributed by atoms with Crippen molar-refractivity contribution in [2.45, 2.75) is 39.3 Å². The van der Waals surface area contributed by atoms with E-state index in [4.69, 9.17) is 9.84 Å². The van der Waals surface area contributed by atoms with Crippen LogP contribution in [0.1, 0.15) is 27.2 Å². The summed E-state index contributed by atoms with van der Waals surface area (Å²) in [6.07, 6.45) is 0.295. The van der Waals surface area contributed by atoms with E-state index in [1.165, 1.54) is 0 Å². The van der Waals surface area contributed by atoms with Crippen LogP contribution in [0, 0.1) is 0 Å². The third kappa shape index (κ3) is 7.74. The lowest BCUT2D eigenvalue weighted by atomic mass is 10.1. The van der Waals surface area contributed by atoms with Crippen LogP contribution in [-0.4, -0.2) is 36.4 Å². The minimum Gasteiger partial charge on any atom is -0.465 e. The Hall–Kier alpha value is -0.610. The predicted octanol–water partition coefficient (Wildman–Crippen LogP) is 0.299. The fourth-order valence-corrected chi connectivity index (χ4v) is 1.06. The normalized spacial score (nSPS) is 15.1. The van der Waals surface area contributed by atoms with Crippen LogP contribution in [0.4, 0.5) is 0 Å². The molecule has 0 aliphatic heterocycles. The van der Waals surface area contributed by atoms with E-state index in [9.17, 15) is 4.79 Å².